The van der Waals surface area contributed by atoms with E-state index in [0.717, 1.165) is 29.3 Å². The first-order valence-corrected chi connectivity index (χ1v) is 7.22. The summed E-state index contributed by atoms with van der Waals surface area (Å²) in [6, 6.07) is 1.17. The van der Waals surface area contributed by atoms with Crippen LogP contribution in [0.15, 0.2) is 23.1 Å². The number of nitro groups is 1. The number of nitrogens with one attached hydrogen (secondary N) is 1. The van der Waals surface area contributed by atoms with Gasteiger partial charge in [-0.1, -0.05) is 19.8 Å². The van der Waals surface area contributed by atoms with Crippen molar-refractivity contribution in [1.82, 2.24) is 9.88 Å². The number of aliphatic carboxylic acids is 1. The molecular weight excluding hydrogens is 306 g/mol. The van der Waals surface area contributed by atoms with Crippen LogP contribution < -0.4 is 10.9 Å². The quantitative estimate of drug-likeness (QED) is 0.512. The SMILES string of the molecule is CCCCC(NC(=O)CCn1cc([N+](=O)[O-])ccc1=O)C(=O)O. The number of amides is 1. The standard InChI is InChI=1S/C14H19N3O6/c1-2-3-4-11(14(20)21)15-12(18)7-8-16-9-10(17(22)23)5-6-13(16)19/h5-6,9,11H,2-4,7-8H2,1H3,(H,15,18)(H,20,21). The summed E-state index contributed by atoms with van der Waals surface area (Å²) in [5.41, 5.74) is -0.722. The van der Waals surface area contributed by atoms with E-state index in [1.54, 1.807) is 0 Å². The minimum atomic E-state index is -1.11. The zero-order valence-electron chi connectivity index (χ0n) is 12.7. The Bertz CT molecular complexity index is 640. The Hall–Kier alpha value is -2.71. The van der Waals surface area contributed by atoms with Crippen molar-refractivity contribution in [3.8, 4) is 0 Å². The smallest absolute Gasteiger partial charge is 0.326 e. The van der Waals surface area contributed by atoms with Gasteiger partial charge in [0.15, 0.2) is 0 Å². The molecule has 1 rings (SSSR count). The fourth-order valence-corrected chi connectivity index (χ4v) is 1.96. The number of hydrogen-bond acceptors (Lipinski definition) is 5. The number of carbonyl (C=O) groups excluding carboxylic acids is 1. The topological polar surface area (TPSA) is 132 Å². The van der Waals surface area contributed by atoms with Crippen LogP contribution in [0.5, 0.6) is 0 Å². The van der Waals surface area contributed by atoms with Crippen LogP contribution in [-0.2, 0) is 16.1 Å². The normalized spacial score (nSPS) is 11.7. The number of pyridine rings is 1. The Morgan fingerprint density at radius 1 is 1.43 bits per heavy atom. The first-order valence-electron chi connectivity index (χ1n) is 7.22. The maximum atomic E-state index is 11.8. The highest BCUT2D eigenvalue weighted by molar-refractivity contribution is 5.83. The average molecular weight is 325 g/mol. The number of carbonyl (C=O) groups is 2. The van der Waals surface area contributed by atoms with Crippen molar-refractivity contribution in [3.05, 3.63) is 38.8 Å². The van der Waals surface area contributed by atoms with E-state index in [9.17, 15) is 24.5 Å². The van der Waals surface area contributed by atoms with Gasteiger partial charge in [0.25, 0.3) is 11.2 Å². The van der Waals surface area contributed by atoms with Gasteiger partial charge in [0.2, 0.25) is 5.91 Å². The fourth-order valence-electron chi connectivity index (χ4n) is 1.96. The molecule has 1 unspecified atom stereocenters. The van der Waals surface area contributed by atoms with Crippen LogP contribution in [0.25, 0.3) is 0 Å². The summed E-state index contributed by atoms with van der Waals surface area (Å²) in [5.74, 6) is -1.63. The maximum Gasteiger partial charge on any atom is 0.326 e. The lowest BCUT2D eigenvalue weighted by Gasteiger charge is -2.14. The third kappa shape index (κ3) is 5.89. The van der Waals surface area contributed by atoms with Crippen molar-refractivity contribution in [2.24, 2.45) is 0 Å². The summed E-state index contributed by atoms with van der Waals surface area (Å²) < 4.78 is 1.06. The van der Waals surface area contributed by atoms with Gasteiger partial charge in [-0.05, 0) is 6.42 Å². The van der Waals surface area contributed by atoms with Crippen molar-refractivity contribution in [1.29, 1.82) is 0 Å². The third-order valence-corrected chi connectivity index (χ3v) is 3.24. The molecule has 0 saturated heterocycles. The number of carboxylic acid groups (broad SMARTS) is 1. The Morgan fingerprint density at radius 3 is 2.70 bits per heavy atom. The van der Waals surface area contributed by atoms with Crippen molar-refractivity contribution in [2.75, 3.05) is 0 Å². The molecule has 0 radical (unpaired) electrons. The molecule has 126 valence electrons. The number of aromatic nitrogens is 1. The molecule has 0 saturated carbocycles. The third-order valence-electron chi connectivity index (χ3n) is 3.24. The maximum absolute atomic E-state index is 11.8. The average Bonchev–Trinajstić information content (AvgIpc) is 2.50. The molecule has 1 aromatic heterocycles. The van der Waals surface area contributed by atoms with Crippen LogP contribution >= 0.6 is 0 Å². The van der Waals surface area contributed by atoms with Gasteiger partial charge in [-0.2, -0.15) is 0 Å². The molecule has 0 aliphatic carbocycles. The fraction of sp³-hybridized carbons (Fsp3) is 0.500. The summed E-state index contributed by atoms with van der Waals surface area (Å²) in [6.45, 7) is 1.85. The first kappa shape index (κ1) is 18.3. The first-order chi connectivity index (χ1) is 10.8. The van der Waals surface area contributed by atoms with Crippen LogP contribution in [0.4, 0.5) is 5.69 Å². The molecule has 1 aromatic rings. The van der Waals surface area contributed by atoms with E-state index < -0.39 is 28.4 Å². The van der Waals surface area contributed by atoms with Crippen LogP contribution in [0.3, 0.4) is 0 Å². The zero-order valence-corrected chi connectivity index (χ0v) is 12.7. The monoisotopic (exact) mass is 325 g/mol. The molecule has 0 spiro atoms. The molecule has 0 fully saturated rings. The minimum Gasteiger partial charge on any atom is -0.480 e. The number of unbranched alkanes of at least 4 members (excludes halogenated alkanes) is 1. The van der Waals surface area contributed by atoms with E-state index in [1.165, 1.54) is 0 Å². The van der Waals surface area contributed by atoms with Crippen LogP contribution in [0.2, 0.25) is 0 Å². The molecule has 1 amide bonds. The highest BCUT2D eigenvalue weighted by Gasteiger charge is 2.19. The summed E-state index contributed by atoms with van der Waals surface area (Å²) in [4.78, 5) is 44.5. The van der Waals surface area contributed by atoms with Gasteiger partial charge in [-0.15, -0.1) is 0 Å². The van der Waals surface area contributed by atoms with Crippen molar-refractivity contribution < 1.29 is 19.6 Å². The lowest BCUT2D eigenvalue weighted by Crippen LogP contribution is -2.41. The Balaban J connectivity index is 2.65. The van der Waals surface area contributed by atoms with Gasteiger partial charge >= 0.3 is 5.97 Å². The Labute approximate surface area is 132 Å². The highest BCUT2D eigenvalue weighted by Crippen LogP contribution is 2.07. The minimum absolute atomic E-state index is 0.0630. The molecule has 9 nitrogen and oxygen atoms in total. The number of nitrogens with zero attached hydrogens (tertiary/aromatic N) is 2. The molecule has 9 heteroatoms. The van der Waals surface area contributed by atoms with E-state index in [1.807, 2.05) is 6.92 Å². The molecular formula is C14H19N3O6. The molecule has 0 bridgehead atoms. The highest BCUT2D eigenvalue weighted by atomic mass is 16.6. The number of carboxylic acids is 1. The van der Waals surface area contributed by atoms with E-state index in [0.29, 0.717) is 12.8 Å². The number of hydrogen-bond donors (Lipinski definition) is 2. The van der Waals surface area contributed by atoms with Gasteiger partial charge in [0, 0.05) is 25.1 Å². The Morgan fingerprint density at radius 2 is 2.13 bits per heavy atom. The molecule has 2 N–H and O–H groups in total. The second kappa shape index (κ2) is 8.66. The second-order valence-corrected chi connectivity index (χ2v) is 5.03. The molecule has 1 atom stereocenters. The number of aryl methyl sites for hydroxylation is 1. The van der Waals surface area contributed by atoms with Crippen molar-refractivity contribution >= 4 is 17.6 Å². The summed E-state index contributed by atoms with van der Waals surface area (Å²) in [5, 5.41) is 22.1. The van der Waals surface area contributed by atoms with Crippen molar-refractivity contribution in [3.63, 3.8) is 0 Å². The van der Waals surface area contributed by atoms with Crippen molar-refractivity contribution in [2.45, 2.75) is 45.2 Å². The largest absolute Gasteiger partial charge is 0.480 e. The number of rotatable bonds is 9. The van der Waals surface area contributed by atoms with Gasteiger partial charge in [0.05, 0.1) is 11.1 Å². The van der Waals surface area contributed by atoms with E-state index in [4.69, 9.17) is 5.11 Å². The predicted octanol–water partition coefficient (Wildman–Crippen LogP) is 0.906. The summed E-state index contributed by atoms with van der Waals surface area (Å²) >= 11 is 0. The Kier molecular flexibility index (Phi) is 6.91. The van der Waals surface area contributed by atoms with E-state index >= 15 is 0 Å². The van der Waals surface area contributed by atoms with Gasteiger partial charge in [-0.25, -0.2) is 4.79 Å². The lowest BCUT2D eigenvalue weighted by atomic mass is 10.1. The van der Waals surface area contributed by atoms with E-state index in [2.05, 4.69) is 5.32 Å². The van der Waals surface area contributed by atoms with E-state index in [-0.39, 0.29) is 18.7 Å². The molecule has 23 heavy (non-hydrogen) atoms. The van der Waals surface area contributed by atoms with Crippen LogP contribution in [-0.4, -0.2) is 32.5 Å². The second-order valence-electron chi connectivity index (χ2n) is 5.03. The molecule has 0 aliphatic rings. The van der Waals surface area contributed by atoms with Gasteiger partial charge < -0.3 is 15.0 Å². The summed E-state index contributed by atoms with van der Waals surface area (Å²) in [6.07, 6.45) is 2.72. The van der Waals surface area contributed by atoms with Gasteiger partial charge in [0.1, 0.15) is 6.04 Å². The van der Waals surface area contributed by atoms with Crippen LogP contribution in [0.1, 0.15) is 32.6 Å². The van der Waals surface area contributed by atoms with Gasteiger partial charge in [-0.3, -0.25) is 19.7 Å². The lowest BCUT2D eigenvalue weighted by molar-refractivity contribution is -0.385. The molecule has 0 aromatic carbocycles. The predicted molar refractivity (Wildman–Crippen MR) is 81.1 cm³/mol. The zero-order chi connectivity index (χ0) is 17.4. The molecule has 1 heterocycles. The summed E-state index contributed by atoms with van der Waals surface area (Å²) in [7, 11) is 0. The van der Waals surface area contributed by atoms with Crippen LogP contribution in [0, 0.1) is 10.1 Å². The molecule has 0 aliphatic heterocycles.